The summed E-state index contributed by atoms with van der Waals surface area (Å²) in [6, 6.07) is 6.47. The van der Waals surface area contributed by atoms with Gasteiger partial charge in [-0.25, -0.2) is 4.98 Å². The molecule has 2 aromatic rings. The number of aromatic nitrogens is 1. The van der Waals surface area contributed by atoms with Gasteiger partial charge in [0, 0.05) is 25.7 Å². The molecule has 0 saturated carbocycles. The fourth-order valence-electron chi connectivity index (χ4n) is 3.05. The number of benzene rings is 1. The number of alkyl halides is 3. The Morgan fingerprint density at radius 3 is 2.68 bits per heavy atom. The predicted octanol–water partition coefficient (Wildman–Crippen LogP) is 2.27. The number of hydrogen-bond donors (Lipinski definition) is 2. The van der Waals surface area contributed by atoms with Crippen LogP contribution in [0.3, 0.4) is 0 Å². The highest BCUT2D eigenvalue weighted by Gasteiger charge is 2.58. The van der Waals surface area contributed by atoms with E-state index in [1.807, 2.05) is 6.92 Å². The molecule has 1 fully saturated rings. The molecule has 10 heteroatoms. The second kappa shape index (κ2) is 8.32. The van der Waals surface area contributed by atoms with Crippen LogP contribution < -0.4 is 5.32 Å². The monoisotopic (exact) mass is 417 g/mol. The Balaban J connectivity index is 1.70. The molecule has 1 aromatic heterocycles. The number of rotatable bonds is 6. The van der Waals surface area contributed by atoms with Gasteiger partial charge in [0.05, 0.1) is 29.9 Å². The number of halogens is 3. The molecule has 0 spiro atoms. The molecule has 1 aliphatic heterocycles. The summed E-state index contributed by atoms with van der Waals surface area (Å²) >= 11 is 0.737. The first-order chi connectivity index (χ1) is 13.2. The van der Waals surface area contributed by atoms with Crippen molar-refractivity contribution in [3.05, 3.63) is 29.3 Å². The molecular weight excluding hydrogens is 395 g/mol. The summed E-state index contributed by atoms with van der Waals surface area (Å²) in [6.45, 7) is 4.65. The third-order valence-electron chi connectivity index (χ3n) is 4.80. The fraction of sp³-hybridized carbons (Fsp3) is 0.556. The number of para-hydroxylation sites is 1. The number of morpholine rings is 1. The first-order valence-electron chi connectivity index (χ1n) is 8.94. The van der Waals surface area contributed by atoms with Gasteiger partial charge in [0.15, 0.2) is 0 Å². The van der Waals surface area contributed by atoms with Crippen molar-refractivity contribution in [2.45, 2.75) is 31.2 Å². The maximum Gasteiger partial charge on any atom is 0.424 e. The number of amides is 1. The Bertz CT molecular complexity index is 790. The van der Waals surface area contributed by atoms with Crippen LogP contribution in [0.2, 0.25) is 0 Å². The molecule has 1 saturated heterocycles. The minimum atomic E-state index is -5.03. The van der Waals surface area contributed by atoms with Crippen LogP contribution in [-0.2, 0) is 15.1 Å². The average Bonchev–Trinajstić information content (AvgIpc) is 3.10. The van der Waals surface area contributed by atoms with Crippen LogP contribution in [0.4, 0.5) is 13.2 Å². The summed E-state index contributed by atoms with van der Waals surface area (Å²) in [6.07, 6.45) is -6.17. The molecule has 0 bridgehead atoms. The van der Waals surface area contributed by atoms with Crippen molar-refractivity contribution >= 4 is 27.5 Å². The quantitative estimate of drug-likeness (QED) is 0.754. The van der Waals surface area contributed by atoms with Crippen molar-refractivity contribution in [3.63, 3.8) is 0 Å². The zero-order chi connectivity index (χ0) is 20.4. The standard InChI is InChI=1S/C18H22F3N3O3S/c1-12(24-6-8-27-9-7-24)11-22-15(25)10-17(26,18(19,20)21)16-23-13-4-2-3-5-14(13)28-16/h2-5,12,26H,6-11H2,1H3,(H,22,25). The summed E-state index contributed by atoms with van der Waals surface area (Å²) in [5.74, 6) is -0.876. The van der Waals surface area contributed by atoms with Gasteiger partial charge in [-0.15, -0.1) is 11.3 Å². The van der Waals surface area contributed by atoms with Gasteiger partial charge in [0.1, 0.15) is 5.01 Å². The van der Waals surface area contributed by atoms with E-state index in [2.05, 4.69) is 15.2 Å². The largest absolute Gasteiger partial charge is 0.424 e. The van der Waals surface area contributed by atoms with E-state index < -0.39 is 29.1 Å². The van der Waals surface area contributed by atoms with Crippen molar-refractivity contribution in [1.82, 2.24) is 15.2 Å². The molecule has 154 valence electrons. The van der Waals surface area contributed by atoms with E-state index >= 15 is 0 Å². The van der Waals surface area contributed by atoms with Crippen LogP contribution in [0.15, 0.2) is 24.3 Å². The second-order valence-electron chi connectivity index (χ2n) is 6.82. The third-order valence-corrected chi connectivity index (χ3v) is 5.98. The Labute approximate surface area is 164 Å². The minimum absolute atomic E-state index is 0.0470. The van der Waals surface area contributed by atoms with Crippen LogP contribution in [0.1, 0.15) is 18.4 Å². The second-order valence-corrected chi connectivity index (χ2v) is 7.85. The van der Waals surface area contributed by atoms with E-state index in [4.69, 9.17) is 4.74 Å². The molecule has 1 aromatic carbocycles. The molecule has 6 nitrogen and oxygen atoms in total. The Kier molecular flexibility index (Phi) is 6.23. The number of aliphatic hydroxyl groups is 1. The lowest BCUT2D eigenvalue weighted by atomic mass is 9.99. The van der Waals surface area contributed by atoms with E-state index in [1.165, 1.54) is 0 Å². The number of ether oxygens (including phenoxy) is 1. The maximum absolute atomic E-state index is 13.7. The topological polar surface area (TPSA) is 74.7 Å². The van der Waals surface area contributed by atoms with Gasteiger partial charge in [-0.05, 0) is 19.1 Å². The highest BCUT2D eigenvalue weighted by molar-refractivity contribution is 7.18. The van der Waals surface area contributed by atoms with Gasteiger partial charge in [0.2, 0.25) is 11.5 Å². The number of hydrogen-bond acceptors (Lipinski definition) is 6. The SMILES string of the molecule is CC(CNC(=O)CC(O)(c1nc2ccccc2s1)C(F)(F)F)N1CCOCC1. The lowest BCUT2D eigenvalue weighted by molar-refractivity contribution is -0.267. The third kappa shape index (κ3) is 4.45. The molecule has 2 N–H and O–H groups in total. The smallest absolute Gasteiger partial charge is 0.379 e. The van der Waals surface area contributed by atoms with Crippen LogP contribution in [-0.4, -0.2) is 66.0 Å². The fourth-order valence-corrected chi connectivity index (χ4v) is 4.12. The van der Waals surface area contributed by atoms with Crippen molar-refractivity contribution < 1.29 is 27.8 Å². The zero-order valence-electron chi connectivity index (χ0n) is 15.3. The minimum Gasteiger partial charge on any atom is -0.379 e. The average molecular weight is 417 g/mol. The predicted molar refractivity (Wildman–Crippen MR) is 99.1 cm³/mol. The number of thiazole rings is 1. The Morgan fingerprint density at radius 1 is 1.36 bits per heavy atom. The highest BCUT2D eigenvalue weighted by Crippen LogP contribution is 2.44. The van der Waals surface area contributed by atoms with E-state index in [0.717, 1.165) is 11.3 Å². The number of carbonyl (C=O) groups excluding carboxylic acids is 1. The van der Waals surface area contributed by atoms with Crippen LogP contribution in [0.5, 0.6) is 0 Å². The Hall–Kier alpha value is -1.75. The maximum atomic E-state index is 13.7. The van der Waals surface area contributed by atoms with Crippen molar-refractivity contribution in [1.29, 1.82) is 0 Å². The normalized spacial score (nSPS) is 19.3. The van der Waals surface area contributed by atoms with Gasteiger partial charge in [-0.3, -0.25) is 9.69 Å². The first-order valence-corrected chi connectivity index (χ1v) is 9.76. The van der Waals surface area contributed by atoms with Crippen molar-refractivity contribution in [2.75, 3.05) is 32.8 Å². The van der Waals surface area contributed by atoms with Crippen LogP contribution >= 0.6 is 11.3 Å². The van der Waals surface area contributed by atoms with Crippen molar-refractivity contribution in [2.24, 2.45) is 0 Å². The summed E-state index contributed by atoms with van der Waals surface area (Å²) < 4.78 is 46.8. The first kappa shape index (κ1) is 21.0. The van der Waals surface area contributed by atoms with Crippen LogP contribution in [0, 0.1) is 0 Å². The summed E-state index contributed by atoms with van der Waals surface area (Å²) in [5, 5.41) is 12.4. The molecule has 2 heterocycles. The summed E-state index contributed by atoms with van der Waals surface area (Å²) in [7, 11) is 0. The van der Waals surface area contributed by atoms with Gasteiger partial charge < -0.3 is 15.2 Å². The molecule has 3 rings (SSSR count). The van der Waals surface area contributed by atoms with E-state index in [9.17, 15) is 23.1 Å². The number of nitrogens with zero attached hydrogens (tertiary/aromatic N) is 2. The lowest BCUT2D eigenvalue weighted by Crippen LogP contribution is -2.49. The van der Waals surface area contributed by atoms with Gasteiger partial charge >= 0.3 is 6.18 Å². The number of fused-ring (bicyclic) bond motifs is 1. The van der Waals surface area contributed by atoms with Gasteiger partial charge in [0.25, 0.3) is 0 Å². The van der Waals surface area contributed by atoms with E-state index in [0.29, 0.717) is 36.5 Å². The molecule has 2 atom stereocenters. The van der Waals surface area contributed by atoms with E-state index in [-0.39, 0.29) is 12.6 Å². The van der Waals surface area contributed by atoms with Gasteiger partial charge in [-0.2, -0.15) is 13.2 Å². The molecule has 1 aliphatic rings. The zero-order valence-corrected chi connectivity index (χ0v) is 16.1. The van der Waals surface area contributed by atoms with E-state index in [1.54, 1.807) is 24.3 Å². The number of carbonyl (C=O) groups is 1. The van der Waals surface area contributed by atoms with Crippen molar-refractivity contribution in [3.8, 4) is 0 Å². The van der Waals surface area contributed by atoms with Gasteiger partial charge in [-0.1, -0.05) is 12.1 Å². The molecule has 1 amide bonds. The summed E-state index contributed by atoms with van der Waals surface area (Å²) in [4.78, 5) is 18.3. The molecular formula is C18H22F3N3O3S. The highest BCUT2D eigenvalue weighted by atomic mass is 32.1. The van der Waals surface area contributed by atoms with Crippen LogP contribution in [0.25, 0.3) is 10.2 Å². The molecule has 0 aliphatic carbocycles. The number of nitrogens with one attached hydrogen (secondary N) is 1. The molecule has 2 unspecified atom stereocenters. The summed E-state index contributed by atoms with van der Waals surface area (Å²) in [5.41, 5.74) is -2.98. The lowest BCUT2D eigenvalue weighted by Gasteiger charge is -2.32. The molecule has 28 heavy (non-hydrogen) atoms. The Morgan fingerprint density at radius 2 is 2.04 bits per heavy atom. The molecule has 0 radical (unpaired) electrons.